The summed E-state index contributed by atoms with van der Waals surface area (Å²) in [4.78, 5) is 42.0. The van der Waals surface area contributed by atoms with Crippen LogP contribution in [-0.4, -0.2) is 74.2 Å². The molecule has 1 saturated heterocycles. The third kappa shape index (κ3) is 8.44. The van der Waals surface area contributed by atoms with Crippen LogP contribution in [0.4, 0.5) is 14.5 Å². The number of anilines is 1. The topological polar surface area (TPSA) is 173 Å². The summed E-state index contributed by atoms with van der Waals surface area (Å²) in [6.07, 6.45) is 11.3. The molecule has 0 unspecified atom stereocenters. The highest BCUT2D eigenvalue weighted by atomic mass is 19.1. The molecule has 0 spiro atoms. The lowest BCUT2D eigenvalue weighted by molar-refractivity contribution is 0.102. The van der Waals surface area contributed by atoms with Crippen LogP contribution >= 0.6 is 0 Å². The Morgan fingerprint density at radius 2 is 1.22 bits per heavy atom. The van der Waals surface area contributed by atoms with Gasteiger partial charge in [0.05, 0.1) is 57.6 Å². The Kier molecular flexibility index (Phi) is 11.1. The second-order valence-corrected chi connectivity index (χ2v) is 19.5. The molecule has 0 bridgehead atoms. The van der Waals surface area contributed by atoms with Gasteiger partial charge in [0.15, 0.2) is 0 Å². The maximum Gasteiger partial charge on any atom is 0.255 e. The van der Waals surface area contributed by atoms with Gasteiger partial charge in [-0.1, -0.05) is 60.7 Å². The fourth-order valence-electron chi connectivity index (χ4n) is 10.8. The normalized spacial score (nSPS) is 12.9. The summed E-state index contributed by atoms with van der Waals surface area (Å²) in [7, 11) is 0. The minimum absolute atomic E-state index is 0.242. The van der Waals surface area contributed by atoms with Gasteiger partial charge in [-0.05, 0) is 139 Å². The van der Waals surface area contributed by atoms with E-state index in [1.165, 1.54) is 31.0 Å². The molecular weight excluding hydrogens is 967 g/mol. The highest BCUT2D eigenvalue weighted by Gasteiger charge is 2.23. The van der Waals surface area contributed by atoms with Gasteiger partial charge in [-0.15, -0.1) is 0 Å². The average Bonchev–Trinajstić information content (AvgIpc) is 4.38. The summed E-state index contributed by atoms with van der Waals surface area (Å²) in [5.74, 6) is -1.09. The van der Waals surface area contributed by atoms with Crippen molar-refractivity contribution in [1.29, 1.82) is 0 Å². The van der Waals surface area contributed by atoms with Crippen LogP contribution in [0, 0.1) is 11.6 Å². The number of carbonyl (C=O) groups is 1. The van der Waals surface area contributed by atoms with Crippen LogP contribution in [0.2, 0.25) is 0 Å². The number of H-pyrrole nitrogens is 4. The van der Waals surface area contributed by atoms with Gasteiger partial charge in [-0.2, -0.15) is 10.2 Å². The van der Waals surface area contributed by atoms with Crippen LogP contribution in [-0.2, 0) is 6.54 Å². The summed E-state index contributed by atoms with van der Waals surface area (Å²) in [5.41, 5.74) is 14.7. The Balaban J connectivity index is 0.866. The third-order valence-corrected chi connectivity index (χ3v) is 14.6. The average molecular weight is 1010 g/mol. The number of carbonyl (C=O) groups excluding carboxylic acids is 1. The van der Waals surface area contributed by atoms with Crippen molar-refractivity contribution in [2.24, 2.45) is 0 Å². The minimum Gasteiger partial charge on any atom is -0.353 e. The maximum absolute atomic E-state index is 16.8. The van der Waals surface area contributed by atoms with Crippen LogP contribution in [0.1, 0.15) is 28.8 Å². The van der Waals surface area contributed by atoms with Gasteiger partial charge in [-0.3, -0.25) is 34.8 Å². The van der Waals surface area contributed by atoms with Gasteiger partial charge in [0.25, 0.3) is 5.91 Å². The van der Waals surface area contributed by atoms with Crippen LogP contribution in [0.25, 0.3) is 122 Å². The molecule has 0 atom stereocenters. The Morgan fingerprint density at radius 3 is 1.99 bits per heavy atom. The molecule has 372 valence electrons. The summed E-state index contributed by atoms with van der Waals surface area (Å²) in [6, 6.07) is 44.4. The minimum atomic E-state index is -0.487. The molecule has 5 aromatic carbocycles. The van der Waals surface area contributed by atoms with Crippen LogP contribution in [0.15, 0.2) is 177 Å². The van der Waals surface area contributed by atoms with E-state index in [9.17, 15) is 9.18 Å². The number of aromatic amines is 4. The van der Waals surface area contributed by atoms with Gasteiger partial charge < -0.3 is 15.3 Å². The lowest BCUT2D eigenvalue weighted by Crippen LogP contribution is -2.18. The number of nitrogens with zero attached hydrogens (tertiary/aromatic N) is 7. The number of nitrogens with one attached hydrogen (secondary N) is 5. The lowest BCUT2D eigenvalue weighted by atomic mass is 9.97. The fourth-order valence-corrected chi connectivity index (χ4v) is 10.8. The van der Waals surface area contributed by atoms with Crippen molar-refractivity contribution in [1.82, 2.24) is 55.2 Å². The number of hydrogen-bond acceptors (Lipinski definition) is 8. The number of likely N-dealkylation sites (tertiary alicyclic amines) is 1. The van der Waals surface area contributed by atoms with Crippen LogP contribution in [0.3, 0.4) is 0 Å². The number of fused-ring (bicyclic) bond motifs is 4. The molecule has 1 aliphatic rings. The van der Waals surface area contributed by atoms with Crippen molar-refractivity contribution in [2.75, 3.05) is 18.4 Å². The zero-order chi connectivity index (χ0) is 51.6. The zero-order valence-electron chi connectivity index (χ0n) is 41.1. The fraction of sp³-hybridized carbons (Fsp3) is 0.0806. The molecule has 8 aromatic heterocycles. The molecule has 1 aliphatic heterocycles. The first-order valence-corrected chi connectivity index (χ1v) is 25.4. The number of amides is 1. The molecule has 77 heavy (non-hydrogen) atoms. The summed E-state index contributed by atoms with van der Waals surface area (Å²) in [5, 5.41) is 22.4. The van der Waals surface area contributed by atoms with Crippen molar-refractivity contribution >= 4 is 55.2 Å². The number of aromatic nitrogens is 10. The number of hydrogen-bond donors (Lipinski definition) is 5. The van der Waals surface area contributed by atoms with E-state index in [0.29, 0.717) is 50.5 Å². The SMILES string of the molecule is O=C(Nc1cncc(-c2cc3c(-c4cc5c(-c6ccc(F)cc6)cccc5[nH]4)n[nH]c3c(-c3cc(-c4cccc5[nH]c(-c6n[nH]c7cnc(-c8cncc(CN9CCCC9)c8)cc67)cc45)ccc3F)n2)c1)c1ccccc1. The van der Waals surface area contributed by atoms with Gasteiger partial charge >= 0.3 is 0 Å². The molecule has 1 amide bonds. The summed E-state index contributed by atoms with van der Waals surface area (Å²) in [6.45, 7) is 3.07. The highest BCUT2D eigenvalue weighted by molar-refractivity contribution is 6.07. The smallest absolute Gasteiger partial charge is 0.255 e. The molecule has 13 aromatic rings. The van der Waals surface area contributed by atoms with E-state index < -0.39 is 5.82 Å². The van der Waals surface area contributed by atoms with Crippen LogP contribution < -0.4 is 5.32 Å². The largest absolute Gasteiger partial charge is 0.353 e. The predicted octanol–water partition coefficient (Wildman–Crippen LogP) is 13.8. The van der Waals surface area contributed by atoms with E-state index in [1.807, 2.05) is 79.3 Å². The maximum atomic E-state index is 16.8. The van der Waals surface area contributed by atoms with Crippen molar-refractivity contribution in [3.8, 4) is 78.8 Å². The van der Waals surface area contributed by atoms with E-state index in [0.717, 1.165) is 103 Å². The third-order valence-electron chi connectivity index (χ3n) is 14.6. The molecule has 0 radical (unpaired) electrons. The number of pyridine rings is 4. The van der Waals surface area contributed by atoms with E-state index in [4.69, 9.17) is 20.2 Å². The quantitative estimate of drug-likeness (QED) is 0.0851. The standard InChI is InChI=1S/C62H44F2N12O/c63-41-17-14-36(15-18-41)43-10-6-12-51-45(43)25-56(70-51)59-49-28-54(40-23-42(32-66-31-40)68-62(77)37-8-2-1-3-9-37)71-60(61(49)75-74-59)47-24-38(16-19-50(47)64)44-11-7-13-52-46(44)26-55(69-52)58-48-27-53(67-33-57(48)72-73-58)39-22-35(29-65-30-39)34-76-20-4-5-21-76/h1-3,6-19,22-33,69-70H,4-5,20-21,34H2,(H,68,77)(H,72,73)(H,74,75). The number of benzene rings is 5. The summed E-state index contributed by atoms with van der Waals surface area (Å²) >= 11 is 0. The molecule has 0 aliphatic carbocycles. The first kappa shape index (κ1) is 45.6. The lowest BCUT2D eigenvalue weighted by Gasteiger charge is -2.14. The molecule has 14 rings (SSSR count). The van der Waals surface area contributed by atoms with Gasteiger partial charge in [0.2, 0.25) is 0 Å². The van der Waals surface area contributed by atoms with Gasteiger partial charge in [-0.25, -0.2) is 13.8 Å². The molecule has 0 saturated carbocycles. The van der Waals surface area contributed by atoms with Gasteiger partial charge in [0, 0.05) is 80.0 Å². The van der Waals surface area contributed by atoms with E-state index in [-0.39, 0.29) is 17.3 Å². The second-order valence-electron chi connectivity index (χ2n) is 19.5. The highest BCUT2D eigenvalue weighted by Crippen LogP contribution is 2.41. The van der Waals surface area contributed by atoms with Crippen molar-refractivity contribution in [3.63, 3.8) is 0 Å². The van der Waals surface area contributed by atoms with Crippen LogP contribution in [0.5, 0.6) is 0 Å². The van der Waals surface area contributed by atoms with Crippen molar-refractivity contribution in [2.45, 2.75) is 19.4 Å². The van der Waals surface area contributed by atoms with Gasteiger partial charge in [0.1, 0.15) is 23.0 Å². The Hall–Kier alpha value is -9.99. The Bertz CT molecular complexity index is 4420. The summed E-state index contributed by atoms with van der Waals surface area (Å²) < 4.78 is 30.9. The Morgan fingerprint density at radius 1 is 0.545 bits per heavy atom. The van der Waals surface area contributed by atoms with E-state index in [1.54, 1.807) is 60.9 Å². The number of rotatable bonds is 11. The van der Waals surface area contributed by atoms with Crippen molar-refractivity contribution < 1.29 is 13.6 Å². The predicted molar refractivity (Wildman–Crippen MR) is 298 cm³/mol. The Labute approximate surface area is 438 Å². The van der Waals surface area contributed by atoms with E-state index in [2.05, 4.69) is 58.5 Å². The number of halogens is 2. The van der Waals surface area contributed by atoms with Crippen molar-refractivity contribution in [3.05, 3.63) is 199 Å². The molecule has 13 nitrogen and oxygen atoms in total. The first-order valence-electron chi connectivity index (χ1n) is 25.4. The molecular formula is C62H44F2N12O. The monoisotopic (exact) mass is 1010 g/mol. The second kappa shape index (κ2) is 18.7. The molecule has 9 heterocycles. The first-order chi connectivity index (χ1) is 37.8. The molecule has 5 N–H and O–H groups in total. The molecule has 1 fully saturated rings. The molecule has 15 heteroatoms. The zero-order valence-corrected chi connectivity index (χ0v) is 41.1. The van der Waals surface area contributed by atoms with E-state index >= 15 is 4.39 Å².